The molecule has 23 heavy (non-hydrogen) atoms. The molecule has 1 aliphatic rings. The minimum atomic E-state index is 0.198. The first-order chi connectivity index (χ1) is 10.8. The zero-order valence-electron chi connectivity index (χ0n) is 15.1. The van der Waals surface area contributed by atoms with Gasteiger partial charge in [0.15, 0.2) is 5.16 Å². The molecule has 0 spiro atoms. The van der Waals surface area contributed by atoms with Gasteiger partial charge in [0, 0.05) is 18.7 Å². The highest BCUT2D eigenvalue weighted by molar-refractivity contribution is 7.98. The number of nitrogens with zero attached hydrogens (tertiary/aromatic N) is 3. The zero-order valence-corrected chi connectivity index (χ0v) is 15.9. The molecule has 0 atom stereocenters. The van der Waals surface area contributed by atoms with E-state index in [0.29, 0.717) is 5.92 Å². The Labute approximate surface area is 143 Å². The lowest BCUT2D eigenvalue weighted by atomic mass is 9.84. The molecule has 0 amide bonds. The van der Waals surface area contributed by atoms with E-state index in [1.165, 1.54) is 35.1 Å². The molecule has 0 unspecified atom stereocenters. The van der Waals surface area contributed by atoms with Gasteiger partial charge in [-0.25, -0.2) is 0 Å². The second kappa shape index (κ2) is 5.97. The summed E-state index contributed by atoms with van der Waals surface area (Å²) >= 11 is 1.80. The fraction of sp³-hybridized carbons (Fsp3) is 0.579. The second-order valence-electron chi connectivity index (χ2n) is 7.80. The van der Waals surface area contributed by atoms with Crippen molar-refractivity contribution in [1.82, 2.24) is 14.8 Å². The minimum Gasteiger partial charge on any atom is -0.309 e. The maximum Gasteiger partial charge on any atom is 0.191 e. The van der Waals surface area contributed by atoms with E-state index in [-0.39, 0.29) is 5.41 Å². The van der Waals surface area contributed by atoms with Gasteiger partial charge >= 0.3 is 0 Å². The van der Waals surface area contributed by atoms with Gasteiger partial charge in [0.1, 0.15) is 5.82 Å². The number of rotatable bonds is 4. The van der Waals surface area contributed by atoms with Gasteiger partial charge in [-0.2, -0.15) is 0 Å². The lowest BCUT2D eigenvalue weighted by molar-refractivity contribution is 0.589. The summed E-state index contributed by atoms with van der Waals surface area (Å²) in [6.45, 7) is 11.3. The summed E-state index contributed by atoms with van der Waals surface area (Å²) in [5.41, 5.74) is 5.80. The number of thioether (sulfide) groups is 1. The molecule has 0 bridgehead atoms. The van der Waals surface area contributed by atoms with Crippen molar-refractivity contribution in [2.75, 3.05) is 0 Å². The van der Waals surface area contributed by atoms with Crippen LogP contribution in [0.5, 0.6) is 0 Å². The van der Waals surface area contributed by atoms with Gasteiger partial charge < -0.3 is 4.57 Å². The average Bonchev–Trinajstić information content (AvgIpc) is 3.22. The average molecular weight is 330 g/mol. The van der Waals surface area contributed by atoms with E-state index in [0.717, 1.165) is 16.7 Å². The smallest absolute Gasteiger partial charge is 0.191 e. The van der Waals surface area contributed by atoms with Crippen LogP contribution in [0.3, 0.4) is 0 Å². The predicted octanol–water partition coefficient (Wildman–Crippen LogP) is 4.90. The van der Waals surface area contributed by atoms with E-state index < -0.39 is 0 Å². The second-order valence-corrected chi connectivity index (χ2v) is 8.74. The number of aryl methyl sites for hydroxylation is 2. The van der Waals surface area contributed by atoms with Crippen molar-refractivity contribution in [3.63, 3.8) is 0 Å². The van der Waals surface area contributed by atoms with Crippen LogP contribution in [-0.4, -0.2) is 14.8 Å². The zero-order chi connectivity index (χ0) is 16.8. The Morgan fingerprint density at radius 2 is 1.74 bits per heavy atom. The molecule has 0 saturated heterocycles. The summed E-state index contributed by atoms with van der Waals surface area (Å²) in [4.78, 5) is 0. The highest BCUT2D eigenvalue weighted by atomic mass is 32.2. The number of hydrogen-bond donors (Lipinski definition) is 0. The summed E-state index contributed by atoms with van der Waals surface area (Å²) in [5.74, 6) is 2.76. The first kappa shape index (κ1) is 16.6. The molecule has 4 heteroatoms. The Bertz CT molecular complexity index is 698. The number of aromatic nitrogens is 3. The largest absolute Gasteiger partial charge is 0.309 e. The molecule has 2 aromatic rings. The Morgan fingerprint density at radius 1 is 1.13 bits per heavy atom. The van der Waals surface area contributed by atoms with Crippen molar-refractivity contribution in [2.45, 2.75) is 69.7 Å². The van der Waals surface area contributed by atoms with E-state index in [2.05, 4.69) is 68.6 Å². The van der Waals surface area contributed by atoms with Crippen LogP contribution in [0.15, 0.2) is 17.3 Å². The van der Waals surface area contributed by atoms with Crippen LogP contribution in [-0.2, 0) is 18.2 Å². The van der Waals surface area contributed by atoms with Crippen LogP contribution >= 0.6 is 11.8 Å². The van der Waals surface area contributed by atoms with Gasteiger partial charge in [-0.1, -0.05) is 44.7 Å². The molecule has 1 aromatic heterocycles. The monoisotopic (exact) mass is 329 g/mol. The highest BCUT2D eigenvalue weighted by Crippen LogP contribution is 2.40. The molecule has 3 nitrogen and oxygen atoms in total. The van der Waals surface area contributed by atoms with Crippen LogP contribution in [0.2, 0.25) is 0 Å². The van der Waals surface area contributed by atoms with Gasteiger partial charge in [-0.15, -0.1) is 10.2 Å². The van der Waals surface area contributed by atoms with Crippen LogP contribution in [0.4, 0.5) is 0 Å². The Balaban J connectivity index is 1.78. The van der Waals surface area contributed by atoms with Crippen LogP contribution in [0, 0.1) is 13.8 Å². The molecule has 1 aliphatic carbocycles. The maximum atomic E-state index is 4.38. The molecule has 0 N–H and O–H groups in total. The fourth-order valence-electron chi connectivity index (χ4n) is 2.94. The lowest BCUT2D eigenvalue weighted by Crippen LogP contribution is -2.12. The van der Waals surface area contributed by atoms with E-state index in [1.54, 1.807) is 11.8 Å². The third-order valence-electron chi connectivity index (χ3n) is 4.72. The summed E-state index contributed by atoms with van der Waals surface area (Å²) in [7, 11) is 2.10. The maximum absolute atomic E-state index is 4.38. The van der Waals surface area contributed by atoms with Crippen LogP contribution in [0.1, 0.15) is 67.6 Å². The first-order valence-electron chi connectivity index (χ1n) is 8.40. The van der Waals surface area contributed by atoms with Crippen molar-refractivity contribution in [3.8, 4) is 0 Å². The number of hydrogen-bond acceptors (Lipinski definition) is 3. The molecule has 1 fully saturated rings. The first-order valence-corrected chi connectivity index (χ1v) is 9.38. The highest BCUT2D eigenvalue weighted by Gasteiger charge is 2.29. The third kappa shape index (κ3) is 3.47. The van der Waals surface area contributed by atoms with Crippen molar-refractivity contribution in [2.24, 2.45) is 7.05 Å². The van der Waals surface area contributed by atoms with Crippen molar-refractivity contribution >= 4 is 11.8 Å². The van der Waals surface area contributed by atoms with Crippen molar-refractivity contribution in [3.05, 3.63) is 40.2 Å². The summed E-state index contributed by atoms with van der Waals surface area (Å²) in [6.07, 6.45) is 2.53. The molecular weight excluding hydrogens is 302 g/mol. The van der Waals surface area contributed by atoms with Crippen molar-refractivity contribution in [1.29, 1.82) is 0 Å². The molecular formula is C19H27N3S. The van der Waals surface area contributed by atoms with Crippen LogP contribution in [0.25, 0.3) is 0 Å². The molecule has 0 aliphatic heterocycles. The van der Waals surface area contributed by atoms with Gasteiger partial charge in [0.25, 0.3) is 0 Å². The lowest BCUT2D eigenvalue weighted by Gasteiger charge is -2.22. The summed E-state index contributed by atoms with van der Waals surface area (Å²) in [5, 5.41) is 9.79. The van der Waals surface area contributed by atoms with E-state index in [4.69, 9.17) is 0 Å². The molecule has 1 saturated carbocycles. The number of benzene rings is 1. The minimum absolute atomic E-state index is 0.198. The quantitative estimate of drug-likeness (QED) is 0.748. The Kier molecular flexibility index (Phi) is 4.30. The van der Waals surface area contributed by atoms with E-state index >= 15 is 0 Å². The van der Waals surface area contributed by atoms with E-state index in [1.807, 2.05) is 0 Å². The summed E-state index contributed by atoms with van der Waals surface area (Å²) < 4.78 is 2.18. The van der Waals surface area contributed by atoms with E-state index in [9.17, 15) is 0 Å². The predicted molar refractivity (Wildman–Crippen MR) is 97.2 cm³/mol. The van der Waals surface area contributed by atoms with Crippen LogP contribution < -0.4 is 0 Å². The Hall–Kier alpha value is -1.29. The molecule has 0 radical (unpaired) electrons. The van der Waals surface area contributed by atoms with Crippen molar-refractivity contribution < 1.29 is 0 Å². The van der Waals surface area contributed by atoms with Gasteiger partial charge in [0.05, 0.1) is 0 Å². The molecule has 1 aromatic carbocycles. The standard InChI is InChI=1S/C19H27N3S/c1-12-9-15(19(3,4)5)10-13(2)16(12)11-23-18-21-20-17(22(18)6)14-7-8-14/h9-10,14H,7-8,11H2,1-6H3. The normalized spacial score (nSPS) is 15.2. The van der Waals surface area contributed by atoms with Gasteiger partial charge in [-0.3, -0.25) is 0 Å². The molecule has 3 rings (SSSR count). The van der Waals surface area contributed by atoms with Gasteiger partial charge in [0.2, 0.25) is 0 Å². The molecule has 1 heterocycles. The molecule has 124 valence electrons. The van der Waals surface area contributed by atoms with Gasteiger partial charge in [-0.05, 0) is 54.4 Å². The topological polar surface area (TPSA) is 30.7 Å². The third-order valence-corrected chi connectivity index (χ3v) is 5.77. The fourth-order valence-corrected chi connectivity index (χ4v) is 4.05. The summed E-state index contributed by atoms with van der Waals surface area (Å²) in [6, 6.07) is 4.68. The SMILES string of the molecule is Cc1cc(C(C)(C)C)cc(C)c1CSc1nnc(C2CC2)n1C. The Morgan fingerprint density at radius 3 is 2.26 bits per heavy atom.